The van der Waals surface area contributed by atoms with Crippen LogP contribution in [0.15, 0.2) is 24.3 Å². The Kier molecular flexibility index (Phi) is 4.14. The molecule has 0 aliphatic rings. The van der Waals surface area contributed by atoms with E-state index in [-0.39, 0.29) is 6.04 Å². The molecule has 1 aromatic rings. The molecule has 0 amide bonds. The van der Waals surface area contributed by atoms with E-state index in [1.165, 1.54) is 0 Å². The number of hydrogen-bond donors (Lipinski definition) is 2. The number of nitriles is 1. The second kappa shape index (κ2) is 5.38. The van der Waals surface area contributed by atoms with Crippen LogP contribution >= 0.6 is 0 Å². The first-order valence-electron chi connectivity index (χ1n) is 5.14. The van der Waals surface area contributed by atoms with Gasteiger partial charge in [0.15, 0.2) is 0 Å². The fourth-order valence-electron chi connectivity index (χ4n) is 1.35. The van der Waals surface area contributed by atoms with E-state index < -0.39 is 0 Å². The standard InChI is InChI=1S/C12H17N3/c1-9(2)12(8-14)15-11-5-3-10(7-13)4-6-11/h3-6,9,12,15H,8,14H2,1-2H3. The SMILES string of the molecule is CC(C)C(CN)Nc1ccc(C#N)cc1. The maximum Gasteiger partial charge on any atom is 0.0991 e. The van der Waals surface area contributed by atoms with Crippen molar-refractivity contribution in [1.82, 2.24) is 0 Å². The van der Waals surface area contributed by atoms with Crippen LogP contribution in [0.3, 0.4) is 0 Å². The molecule has 3 nitrogen and oxygen atoms in total. The summed E-state index contributed by atoms with van der Waals surface area (Å²) >= 11 is 0. The Balaban J connectivity index is 2.68. The average Bonchev–Trinajstić information content (AvgIpc) is 2.26. The molecule has 1 atom stereocenters. The molecule has 1 unspecified atom stereocenters. The van der Waals surface area contributed by atoms with Crippen molar-refractivity contribution in [1.29, 1.82) is 5.26 Å². The summed E-state index contributed by atoms with van der Waals surface area (Å²) in [6.45, 7) is 4.88. The van der Waals surface area contributed by atoms with Gasteiger partial charge in [0.25, 0.3) is 0 Å². The van der Waals surface area contributed by atoms with Crippen molar-refractivity contribution in [2.24, 2.45) is 11.7 Å². The second-order valence-corrected chi connectivity index (χ2v) is 3.92. The highest BCUT2D eigenvalue weighted by molar-refractivity contribution is 5.47. The van der Waals surface area contributed by atoms with Gasteiger partial charge in [-0.05, 0) is 30.2 Å². The van der Waals surface area contributed by atoms with Gasteiger partial charge in [-0.15, -0.1) is 0 Å². The van der Waals surface area contributed by atoms with Crippen LogP contribution in [0.25, 0.3) is 0 Å². The number of hydrogen-bond acceptors (Lipinski definition) is 3. The van der Waals surface area contributed by atoms with Crippen molar-refractivity contribution in [3.8, 4) is 6.07 Å². The molecule has 0 saturated heterocycles. The fraction of sp³-hybridized carbons (Fsp3) is 0.417. The Morgan fingerprint density at radius 3 is 2.33 bits per heavy atom. The highest BCUT2D eigenvalue weighted by atomic mass is 14.9. The third-order valence-electron chi connectivity index (χ3n) is 2.42. The van der Waals surface area contributed by atoms with Crippen LogP contribution in [0.4, 0.5) is 5.69 Å². The molecule has 80 valence electrons. The van der Waals surface area contributed by atoms with Gasteiger partial charge >= 0.3 is 0 Å². The molecular weight excluding hydrogens is 186 g/mol. The van der Waals surface area contributed by atoms with Crippen molar-refractivity contribution in [3.63, 3.8) is 0 Å². The van der Waals surface area contributed by atoms with E-state index in [1.807, 2.05) is 12.1 Å². The lowest BCUT2D eigenvalue weighted by atomic mass is 10.0. The minimum absolute atomic E-state index is 0.276. The van der Waals surface area contributed by atoms with E-state index in [2.05, 4.69) is 25.2 Å². The predicted octanol–water partition coefficient (Wildman–Crippen LogP) is 1.95. The molecule has 0 fully saturated rings. The lowest BCUT2D eigenvalue weighted by molar-refractivity contribution is 0.531. The van der Waals surface area contributed by atoms with Crippen LogP contribution in [-0.2, 0) is 0 Å². The Morgan fingerprint density at radius 1 is 1.33 bits per heavy atom. The highest BCUT2D eigenvalue weighted by Gasteiger charge is 2.10. The van der Waals surface area contributed by atoms with Crippen molar-refractivity contribution < 1.29 is 0 Å². The molecule has 0 radical (unpaired) electrons. The van der Waals surface area contributed by atoms with Crippen molar-refractivity contribution >= 4 is 5.69 Å². The lowest BCUT2D eigenvalue weighted by Crippen LogP contribution is -2.33. The van der Waals surface area contributed by atoms with Crippen LogP contribution in [0.5, 0.6) is 0 Å². The smallest absolute Gasteiger partial charge is 0.0991 e. The van der Waals surface area contributed by atoms with Crippen molar-refractivity contribution in [2.75, 3.05) is 11.9 Å². The maximum atomic E-state index is 8.65. The zero-order valence-electron chi connectivity index (χ0n) is 9.20. The third kappa shape index (κ3) is 3.26. The highest BCUT2D eigenvalue weighted by Crippen LogP contribution is 2.13. The minimum Gasteiger partial charge on any atom is -0.381 e. The Labute approximate surface area is 90.9 Å². The van der Waals surface area contributed by atoms with Gasteiger partial charge in [-0.3, -0.25) is 0 Å². The van der Waals surface area contributed by atoms with Crippen LogP contribution in [0.1, 0.15) is 19.4 Å². The first-order chi connectivity index (χ1) is 7.17. The number of nitrogens with one attached hydrogen (secondary N) is 1. The molecule has 1 aromatic carbocycles. The fourth-order valence-corrected chi connectivity index (χ4v) is 1.35. The number of nitrogens with two attached hydrogens (primary N) is 1. The minimum atomic E-state index is 0.276. The topological polar surface area (TPSA) is 61.8 Å². The summed E-state index contributed by atoms with van der Waals surface area (Å²) in [6.07, 6.45) is 0. The first kappa shape index (κ1) is 11.5. The molecule has 15 heavy (non-hydrogen) atoms. The maximum absolute atomic E-state index is 8.65. The molecule has 3 heteroatoms. The molecule has 1 rings (SSSR count). The molecule has 0 aliphatic heterocycles. The van der Waals surface area contributed by atoms with E-state index in [0.717, 1.165) is 5.69 Å². The van der Waals surface area contributed by atoms with E-state index in [4.69, 9.17) is 11.0 Å². The van der Waals surface area contributed by atoms with Gasteiger partial charge < -0.3 is 11.1 Å². The van der Waals surface area contributed by atoms with Gasteiger partial charge in [-0.1, -0.05) is 13.8 Å². The molecule has 0 heterocycles. The summed E-state index contributed by atoms with van der Waals surface area (Å²) in [4.78, 5) is 0. The zero-order valence-corrected chi connectivity index (χ0v) is 9.20. The van der Waals surface area contributed by atoms with Crippen molar-refractivity contribution in [2.45, 2.75) is 19.9 Å². The van der Waals surface area contributed by atoms with E-state index in [0.29, 0.717) is 18.0 Å². The lowest BCUT2D eigenvalue weighted by Gasteiger charge is -2.21. The number of nitrogens with zero attached hydrogens (tertiary/aromatic N) is 1. The summed E-state index contributed by atoms with van der Waals surface area (Å²) in [6, 6.07) is 9.78. The predicted molar refractivity (Wildman–Crippen MR) is 62.5 cm³/mol. The number of rotatable bonds is 4. The summed E-state index contributed by atoms with van der Waals surface area (Å²) < 4.78 is 0. The Bertz CT molecular complexity index is 335. The van der Waals surface area contributed by atoms with Gasteiger partial charge in [-0.25, -0.2) is 0 Å². The number of anilines is 1. The summed E-state index contributed by atoms with van der Waals surface area (Å²) in [5.74, 6) is 0.491. The van der Waals surface area contributed by atoms with Crippen LogP contribution < -0.4 is 11.1 Å². The van der Waals surface area contributed by atoms with E-state index in [1.54, 1.807) is 12.1 Å². The second-order valence-electron chi connectivity index (χ2n) is 3.92. The van der Waals surface area contributed by atoms with Gasteiger partial charge in [-0.2, -0.15) is 5.26 Å². The summed E-state index contributed by atoms with van der Waals surface area (Å²) in [7, 11) is 0. The molecule has 0 aromatic heterocycles. The number of benzene rings is 1. The van der Waals surface area contributed by atoms with Gasteiger partial charge in [0.1, 0.15) is 0 Å². The van der Waals surface area contributed by atoms with E-state index in [9.17, 15) is 0 Å². The van der Waals surface area contributed by atoms with Crippen molar-refractivity contribution in [3.05, 3.63) is 29.8 Å². The summed E-state index contributed by atoms with van der Waals surface area (Å²) in [5.41, 5.74) is 7.35. The Morgan fingerprint density at radius 2 is 1.93 bits per heavy atom. The third-order valence-corrected chi connectivity index (χ3v) is 2.42. The molecule has 0 bridgehead atoms. The quantitative estimate of drug-likeness (QED) is 0.786. The first-order valence-corrected chi connectivity index (χ1v) is 5.14. The Hall–Kier alpha value is -1.53. The molecule has 0 saturated carbocycles. The van der Waals surface area contributed by atoms with Crippen LogP contribution in [0.2, 0.25) is 0 Å². The largest absolute Gasteiger partial charge is 0.381 e. The van der Waals surface area contributed by atoms with Crippen LogP contribution in [0, 0.1) is 17.2 Å². The molecule has 0 spiro atoms. The van der Waals surface area contributed by atoms with Gasteiger partial charge in [0.2, 0.25) is 0 Å². The molecular formula is C12H17N3. The van der Waals surface area contributed by atoms with Gasteiger partial charge in [0.05, 0.1) is 11.6 Å². The average molecular weight is 203 g/mol. The van der Waals surface area contributed by atoms with Gasteiger partial charge in [0, 0.05) is 18.3 Å². The monoisotopic (exact) mass is 203 g/mol. The zero-order chi connectivity index (χ0) is 11.3. The van der Waals surface area contributed by atoms with Crippen LogP contribution in [-0.4, -0.2) is 12.6 Å². The summed E-state index contributed by atoms with van der Waals surface area (Å²) in [5, 5.41) is 12.0. The van der Waals surface area contributed by atoms with E-state index >= 15 is 0 Å². The molecule has 0 aliphatic carbocycles. The normalized spacial score (nSPS) is 12.2. The molecule has 3 N–H and O–H groups in total.